The molecule has 1 aromatic rings. The van der Waals surface area contributed by atoms with E-state index in [1.165, 1.54) is 6.07 Å². The predicted molar refractivity (Wildman–Crippen MR) is 83.8 cm³/mol. The average Bonchev–Trinajstić information content (AvgIpc) is 2.40. The highest BCUT2D eigenvalue weighted by Gasteiger charge is 2.27. The summed E-state index contributed by atoms with van der Waals surface area (Å²) in [5, 5.41) is 3.27. The summed E-state index contributed by atoms with van der Waals surface area (Å²) in [5.41, 5.74) is 0.752. The maximum absolute atomic E-state index is 14.0. The number of hydrogen-bond donors (Lipinski definition) is 1. The van der Waals surface area contributed by atoms with Gasteiger partial charge >= 0.3 is 0 Å². The topological polar surface area (TPSA) is 24.5 Å². The van der Waals surface area contributed by atoms with Crippen molar-refractivity contribution in [1.29, 1.82) is 0 Å². The molecule has 0 radical (unpaired) electrons. The summed E-state index contributed by atoms with van der Waals surface area (Å²) >= 11 is 0. The van der Waals surface area contributed by atoms with E-state index in [0.717, 1.165) is 25.2 Å². The lowest BCUT2D eigenvalue weighted by Gasteiger charge is -2.38. The van der Waals surface area contributed by atoms with E-state index in [4.69, 9.17) is 4.74 Å². The van der Waals surface area contributed by atoms with Crippen molar-refractivity contribution in [2.24, 2.45) is 5.92 Å². The van der Waals surface area contributed by atoms with Gasteiger partial charge in [-0.15, -0.1) is 0 Å². The zero-order valence-electron chi connectivity index (χ0n) is 13.5. The first kappa shape index (κ1) is 16.4. The van der Waals surface area contributed by atoms with E-state index in [9.17, 15) is 4.39 Å². The van der Waals surface area contributed by atoms with Crippen LogP contribution in [0.15, 0.2) is 24.3 Å². The van der Waals surface area contributed by atoms with E-state index in [2.05, 4.69) is 31.0 Å². The molecule has 0 saturated carbocycles. The minimum Gasteiger partial charge on any atom is -0.373 e. The number of benzene rings is 1. The van der Waals surface area contributed by atoms with Crippen LogP contribution < -0.4 is 5.32 Å². The number of morpholine rings is 1. The SMILES string of the molecule is CNC(c1ccccc1F)C(C)CN1CC(C)OC(C)C1. The summed E-state index contributed by atoms with van der Waals surface area (Å²) in [7, 11) is 1.90. The number of rotatable bonds is 5. The molecule has 0 bridgehead atoms. The number of halogens is 1. The molecule has 3 nitrogen and oxygen atoms in total. The van der Waals surface area contributed by atoms with Gasteiger partial charge in [0.25, 0.3) is 0 Å². The minimum absolute atomic E-state index is 0.0275. The number of nitrogens with zero attached hydrogens (tertiary/aromatic N) is 1. The smallest absolute Gasteiger partial charge is 0.127 e. The first-order chi connectivity index (χ1) is 10.0. The van der Waals surface area contributed by atoms with Gasteiger partial charge in [0.15, 0.2) is 0 Å². The normalized spacial score (nSPS) is 26.5. The quantitative estimate of drug-likeness (QED) is 0.904. The molecule has 21 heavy (non-hydrogen) atoms. The molecular formula is C17H27FN2O. The summed E-state index contributed by atoms with van der Waals surface area (Å²) in [6.45, 7) is 9.24. The second kappa shape index (κ2) is 7.34. The number of ether oxygens (including phenoxy) is 1. The fourth-order valence-corrected chi connectivity index (χ4v) is 3.42. The summed E-state index contributed by atoms with van der Waals surface area (Å²) < 4.78 is 19.8. The fourth-order valence-electron chi connectivity index (χ4n) is 3.42. The van der Waals surface area contributed by atoms with E-state index in [0.29, 0.717) is 5.92 Å². The Morgan fingerprint density at radius 2 is 1.90 bits per heavy atom. The highest BCUT2D eigenvalue weighted by atomic mass is 19.1. The maximum Gasteiger partial charge on any atom is 0.127 e. The zero-order chi connectivity index (χ0) is 15.4. The molecular weight excluding hydrogens is 267 g/mol. The first-order valence-corrected chi connectivity index (χ1v) is 7.80. The van der Waals surface area contributed by atoms with Gasteiger partial charge in [0.1, 0.15) is 5.82 Å². The van der Waals surface area contributed by atoms with Crippen LogP contribution in [0.3, 0.4) is 0 Å². The third-order valence-corrected chi connectivity index (χ3v) is 4.16. The molecule has 1 fully saturated rings. The van der Waals surface area contributed by atoms with Crippen molar-refractivity contribution < 1.29 is 9.13 Å². The van der Waals surface area contributed by atoms with Crippen LogP contribution in [0, 0.1) is 11.7 Å². The zero-order valence-corrected chi connectivity index (χ0v) is 13.5. The van der Waals surface area contributed by atoms with Crippen molar-refractivity contribution in [3.05, 3.63) is 35.6 Å². The molecule has 1 N–H and O–H groups in total. The van der Waals surface area contributed by atoms with Crippen molar-refractivity contribution in [3.8, 4) is 0 Å². The van der Waals surface area contributed by atoms with Gasteiger partial charge in [-0.2, -0.15) is 0 Å². The van der Waals surface area contributed by atoms with E-state index in [1.54, 1.807) is 6.07 Å². The van der Waals surface area contributed by atoms with E-state index in [1.807, 2.05) is 19.2 Å². The second-order valence-corrected chi connectivity index (χ2v) is 6.24. The van der Waals surface area contributed by atoms with Crippen LogP contribution in [-0.2, 0) is 4.74 Å². The molecule has 1 aliphatic rings. The van der Waals surface area contributed by atoms with Gasteiger partial charge in [-0.1, -0.05) is 25.1 Å². The Hall–Kier alpha value is -0.970. The Labute approximate surface area is 127 Å². The van der Waals surface area contributed by atoms with E-state index in [-0.39, 0.29) is 24.1 Å². The second-order valence-electron chi connectivity index (χ2n) is 6.24. The first-order valence-electron chi connectivity index (χ1n) is 7.80. The van der Waals surface area contributed by atoms with Crippen LogP contribution in [0.25, 0.3) is 0 Å². The Morgan fingerprint density at radius 1 is 1.29 bits per heavy atom. The lowest BCUT2D eigenvalue weighted by atomic mass is 9.93. The monoisotopic (exact) mass is 294 g/mol. The van der Waals surface area contributed by atoms with Gasteiger partial charge in [-0.3, -0.25) is 4.90 Å². The third kappa shape index (κ3) is 4.25. The molecule has 1 heterocycles. The van der Waals surface area contributed by atoms with Crippen molar-refractivity contribution in [1.82, 2.24) is 10.2 Å². The summed E-state index contributed by atoms with van der Waals surface area (Å²) in [4.78, 5) is 2.43. The highest BCUT2D eigenvalue weighted by molar-refractivity contribution is 5.21. The largest absolute Gasteiger partial charge is 0.373 e. The van der Waals surface area contributed by atoms with E-state index < -0.39 is 0 Å². The molecule has 0 aliphatic carbocycles. The summed E-state index contributed by atoms with van der Waals surface area (Å²) in [6.07, 6.45) is 0.532. The van der Waals surface area contributed by atoms with Gasteiger partial charge in [0.05, 0.1) is 12.2 Å². The predicted octanol–water partition coefficient (Wildman–Crippen LogP) is 2.83. The summed E-state index contributed by atoms with van der Waals surface area (Å²) in [6, 6.07) is 7.07. The lowest BCUT2D eigenvalue weighted by Crippen LogP contribution is -2.48. The minimum atomic E-state index is -0.132. The molecule has 4 heteroatoms. The molecule has 0 amide bonds. The van der Waals surface area contributed by atoms with E-state index >= 15 is 0 Å². The van der Waals surface area contributed by atoms with Gasteiger partial charge in [-0.25, -0.2) is 4.39 Å². The molecule has 0 aromatic heterocycles. The van der Waals surface area contributed by atoms with Gasteiger partial charge in [0, 0.05) is 31.2 Å². The fraction of sp³-hybridized carbons (Fsp3) is 0.647. The molecule has 0 spiro atoms. The average molecular weight is 294 g/mol. The molecule has 118 valence electrons. The molecule has 1 aromatic carbocycles. The standard InChI is InChI=1S/C17H27FN2O/c1-12(9-20-10-13(2)21-14(3)11-20)17(19-4)15-7-5-6-8-16(15)18/h5-8,12-14,17,19H,9-11H2,1-4H3. The Kier molecular flexibility index (Phi) is 5.73. The van der Waals surface area contributed by atoms with Gasteiger partial charge in [-0.05, 0) is 32.9 Å². The van der Waals surface area contributed by atoms with Crippen molar-refractivity contribution in [2.75, 3.05) is 26.7 Å². The number of nitrogens with one attached hydrogen (secondary N) is 1. The lowest BCUT2D eigenvalue weighted by molar-refractivity contribution is -0.0719. The Balaban J connectivity index is 2.03. The van der Waals surface area contributed by atoms with Crippen LogP contribution in [0.1, 0.15) is 32.4 Å². The number of hydrogen-bond acceptors (Lipinski definition) is 3. The molecule has 2 rings (SSSR count). The van der Waals surface area contributed by atoms with Crippen molar-refractivity contribution >= 4 is 0 Å². The molecule has 4 atom stereocenters. The van der Waals surface area contributed by atoms with Gasteiger partial charge < -0.3 is 10.1 Å². The third-order valence-electron chi connectivity index (χ3n) is 4.16. The van der Waals surface area contributed by atoms with Crippen LogP contribution in [0.2, 0.25) is 0 Å². The summed E-state index contributed by atoms with van der Waals surface area (Å²) in [5.74, 6) is 0.191. The van der Waals surface area contributed by atoms with Crippen molar-refractivity contribution in [3.63, 3.8) is 0 Å². The van der Waals surface area contributed by atoms with Crippen LogP contribution in [0.5, 0.6) is 0 Å². The Morgan fingerprint density at radius 3 is 2.48 bits per heavy atom. The highest BCUT2D eigenvalue weighted by Crippen LogP contribution is 2.25. The van der Waals surface area contributed by atoms with Crippen molar-refractivity contribution in [2.45, 2.75) is 39.0 Å². The molecule has 1 aliphatic heterocycles. The Bertz CT molecular complexity index is 444. The molecule has 4 unspecified atom stereocenters. The van der Waals surface area contributed by atoms with Crippen LogP contribution in [0.4, 0.5) is 4.39 Å². The van der Waals surface area contributed by atoms with Crippen LogP contribution in [-0.4, -0.2) is 43.8 Å². The van der Waals surface area contributed by atoms with Gasteiger partial charge in [0.2, 0.25) is 0 Å². The maximum atomic E-state index is 14.0. The molecule has 1 saturated heterocycles. The van der Waals surface area contributed by atoms with Crippen LogP contribution >= 0.6 is 0 Å².